The van der Waals surface area contributed by atoms with E-state index in [1.165, 1.54) is 0 Å². The van der Waals surface area contributed by atoms with Gasteiger partial charge in [0.25, 0.3) is 0 Å². The third kappa shape index (κ3) is 3.05. The molecule has 2 saturated heterocycles. The van der Waals surface area contributed by atoms with Crippen LogP contribution in [0.1, 0.15) is 37.2 Å². The minimum absolute atomic E-state index is 0.0471. The molecule has 2 fully saturated rings. The molecule has 7 nitrogen and oxygen atoms in total. The molecule has 1 aromatic carbocycles. The van der Waals surface area contributed by atoms with Gasteiger partial charge in [-0.1, -0.05) is 18.2 Å². The summed E-state index contributed by atoms with van der Waals surface area (Å²) in [5.74, 6) is -0.354. The Bertz CT molecular complexity index is 779. The zero-order valence-electron chi connectivity index (χ0n) is 15.2. The van der Waals surface area contributed by atoms with E-state index in [-0.39, 0.29) is 30.9 Å². The van der Waals surface area contributed by atoms with Gasteiger partial charge in [0.1, 0.15) is 17.8 Å². The Kier molecular flexibility index (Phi) is 4.53. The number of hydrogen-bond acceptors (Lipinski definition) is 4. The van der Waals surface area contributed by atoms with Gasteiger partial charge in [0.05, 0.1) is 0 Å². The fraction of sp³-hybridized carbons (Fsp3) is 0.550. The Morgan fingerprint density at radius 2 is 2.11 bits per heavy atom. The zero-order valence-corrected chi connectivity index (χ0v) is 15.2. The quantitative estimate of drug-likeness (QED) is 0.846. The second-order valence-electron chi connectivity index (χ2n) is 7.70. The lowest BCUT2D eigenvalue weighted by atomic mass is 9.73. The molecule has 2 atom stereocenters. The number of hydrogen-bond donors (Lipinski definition) is 1. The first-order valence-electron chi connectivity index (χ1n) is 9.52. The maximum Gasteiger partial charge on any atom is 0.315 e. The highest BCUT2D eigenvalue weighted by Gasteiger charge is 2.57. The van der Waals surface area contributed by atoms with E-state index in [1.54, 1.807) is 9.80 Å². The lowest BCUT2D eigenvalue weighted by Crippen LogP contribution is -2.46. The molecule has 0 radical (unpaired) electrons. The predicted molar refractivity (Wildman–Crippen MR) is 96.4 cm³/mol. The molecule has 0 bridgehead atoms. The van der Waals surface area contributed by atoms with Crippen molar-refractivity contribution in [3.63, 3.8) is 0 Å². The molecule has 0 aromatic heterocycles. The minimum Gasteiger partial charge on any atom is -0.492 e. The number of ether oxygens (including phenoxy) is 1. The van der Waals surface area contributed by atoms with Crippen molar-refractivity contribution in [2.24, 2.45) is 5.41 Å². The molecule has 3 aliphatic heterocycles. The van der Waals surface area contributed by atoms with Gasteiger partial charge in [0, 0.05) is 50.5 Å². The lowest BCUT2D eigenvalue weighted by Gasteiger charge is -2.35. The first-order valence-corrected chi connectivity index (χ1v) is 9.52. The predicted octanol–water partition coefficient (Wildman–Crippen LogP) is 1.48. The van der Waals surface area contributed by atoms with Crippen molar-refractivity contribution >= 4 is 17.8 Å². The molecule has 2 amide bonds. The molecule has 0 unspecified atom stereocenters. The number of benzene rings is 1. The van der Waals surface area contributed by atoms with Gasteiger partial charge in [0.2, 0.25) is 11.8 Å². The van der Waals surface area contributed by atoms with E-state index in [2.05, 4.69) is 0 Å². The molecule has 4 rings (SSSR count). The van der Waals surface area contributed by atoms with E-state index in [4.69, 9.17) is 4.74 Å². The first kappa shape index (κ1) is 17.8. The summed E-state index contributed by atoms with van der Waals surface area (Å²) in [4.78, 5) is 39.9. The van der Waals surface area contributed by atoms with Crippen molar-refractivity contribution in [3.05, 3.63) is 29.8 Å². The topological polar surface area (TPSA) is 87.2 Å². The van der Waals surface area contributed by atoms with Crippen LogP contribution in [0.2, 0.25) is 0 Å². The molecule has 27 heavy (non-hydrogen) atoms. The standard InChI is InChI=1S/C20H24N2O5/c23-17-7-3-9-21(17)10-4-8-18(24)22-11-15-14-5-1-2-6-16(14)27-13-20(15,12-22)19(25)26/h1-2,5-6,15H,3-4,7-13H2,(H,25,26)/t15-,20-/m0/s1. The van der Waals surface area contributed by atoms with Gasteiger partial charge < -0.3 is 19.6 Å². The van der Waals surface area contributed by atoms with Crippen LogP contribution in [0, 0.1) is 5.41 Å². The highest BCUT2D eigenvalue weighted by atomic mass is 16.5. The van der Waals surface area contributed by atoms with E-state index in [0.717, 1.165) is 18.5 Å². The number of aliphatic carboxylic acids is 1. The average molecular weight is 372 g/mol. The Morgan fingerprint density at radius 3 is 2.85 bits per heavy atom. The van der Waals surface area contributed by atoms with Crippen LogP contribution in [0.25, 0.3) is 0 Å². The van der Waals surface area contributed by atoms with E-state index in [1.807, 2.05) is 24.3 Å². The molecule has 0 spiro atoms. The van der Waals surface area contributed by atoms with Crippen LogP contribution >= 0.6 is 0 Å². The number of carboxylic acids is 1. The van der Waals surface area contributed by atoms with Crippen molar-refractivity contribution in [1.29, 1.82) is 0 Å². The molecular formula is C20H24N2O5. The fourth-order valence-corrected chi connectivity index (χ4v) is 4.55. The Morgan fingerprint density at radius 1 is 1.30 bits per heavy atom. The fourth-order valence-electron chi connectivity index (χ4n) is 4.55. The van der Waals surface area contributed by atoms with E-state index >= 15 is 0 Å². The SMILES string of the molecule is O=C1CCCN1CCCC(=O)N1C[C@H]2c3ccccc3OC[C@@]2(C(=O)O)C1. The number of nitrogens with zero attached hydrogens (tertiary/aromatic N) is 2. The number of carbonyl (C=O) groups excluding carboxylic acids is 2. The average Bonchev–Trinajstić information content (AvgIpc) is 3.26. The van der Waals surface area contributed by atoms with E-state index in [9.17, 15) is 19.5 Å². The van der Waals surface area contributed by atoms with Crippen LogP contribution in [0.4, 0.5) is 0 Å². The molecule has 3 aliphatic rings. The maximum atomic E-state index is 12.7. The number of rotatable bonds is 5. The Hall–Kier alpha value is -2.57. The third-order valence-corrected chi connectivity index (χ3v) is 6.09. The summed E-state index contributed by atoms with van der Waals surface area (Å²) in [6.07, 6.45) is 2.43. The van der Waals surface area contributed by atoms with Crippen molar-refractivity contribution < 1.29 is 24.2 Å². The van der Waals surface area contributed by atoms with E-state index in [0.29, 0.717) is 38.1 Å². The van der Waals surface area contributed by atoms with Crippen molar-refractivity contribution in [2.75, 3.05) is 32.8 Å². The minimum atomic E-state index is -1.09. The Balaban J connectivity index is 1.44. The molecule has 1 aromatic rings. The Labute approximate surface area is 157 Å². The second-order valence-corrected chi connectivity index (χ2v) is 7.70. The highest BCUT2D eigenvalue weighted by Crippen LogP contribution is 2.49. The van der Waals surface area contributed by atoms with Crippen molar-refractivity contribution in [2.45, 2.75) is 31.6 Å². The largest absolute Gasteiger partial charge is 0.492 e. The lowest BCUT2D eigenvalue weighted by molar-refractivity contribution is -0.152. The molecule has 1 N–H and O–H groups in total. The normalized spacial score (nSPS) is 26.5. The van der Waals surface area contributed by atoms with Crippen molar-refractivity contribution in [1.82, 2.24) is 9.80 Å². The van der Waals surface area contributed by atoms with E-state index < -0.39 is 11.4 Å². The summed E-state index contributed by atoms with van der Waals surface area (Å²) >= 11 is 0. The summed E-state index contributed by atoms with van der Waals surface area (Å²) in [5.41, 5.74) is -0.223. The number of para-hydroxylation sites is 1. The number of likely N-dealkylation sites (tertiary alicyclic amines) is 2. The summed E-state index contributed by atoms with van der Waals surface area (Å²) < 4.78 is 5.73. The van der Waals surface area contributed by atoms with Crippen LogP contribution in [0.5, 0.6) is 5.75 Å². The zero-order chi connectivity index (χ0) is 19.0. The molecular weight excluding hydrogens is 348 g/mol. The summed E-state index contributed by atoms with van der Waals surface area (Å²) in [6.45, 7) is 2.01. The van der Waals surface area contributed by atoms with Gasteiger partial charge in [-0.25, -0.2) is 0 Å². The van der Waals surface area contributed by atoms with Crippen LogP contribution < -0.4 is 4.74 Å². The molecule has 3 heterocycles. The summed E-state index contributed by atoms with van der Waals surface area (Å²) in [5, 5.41) is 9.91. The smallest absolute Gasteiger partial charge is 0.315 e. The van der Waals surface area contributed by atoms with Gasteiger partial charge in [-0.3, -0.25) is 14.4 Å². The maximum absolute atomic E-state index is 12.7. The third-order valence-electron chi connectivity index (χ3n) is 6.09. The van der Waals surface area contributed by atoms with Crippen LogP contribution in [-0.2, 0) is 14.4 Å². The molecule has 7 heteroatoms. The first-order chi connectivity index (χ1) is 13.0. The van der Waals surface area contributed by atoms with Gasteiger partial charge in [-0.2, -0.15) is 0 Å². The van der Waals surface area contributed by atoms with Crippen LogP contribution in [0.3, 0.4) is 0 Å². The summed E-state index contributed by atoms with van der Waals surface area (Å²) in [6, 6.07) is 7.48. The number of amides is 2. The van der Waals surface area contributed by atoms with Gasteiger partial charge in [-0.15, -0.1) is 0 Å². The number of carbonyl (C=O) groups is 3. The molecule has 0 saturated carbocycles. The van der Waals surface area contributed by atoms with Crippen LogP contribution in [0.15, 0.2) is 24.3 Å². The van der Waals surface area contributed by atoms with Gasteiger partial charge in [-0.05, 0) is 18.9 Å². The summed E-state index contributed by atoms with van der Waals surface area (Å²) in [7, 11) is 0. The molecule has 0 aliphatic carbocycles. The monoisotopic (exact) mass is 372 g/mol. The van der Waals surface area contributed by atoms with Gasteiger partial charge in [0.15, 0.2) is 0 Å². The van der Waals surface area contributed by atoms with Crippen LogP contribution in [-0.4, -0.2) is 65.5 Å². The van der Waals surface area contributed by atoms with Crippen molar-refractivity contribution in [3.8, 4) is 5.75 Å². The number of fused-ring (bicyclic) bond motifs is 3. The van der Waals surface area contributed by atoms with Gasteiger partial charge >= 0.3 is 5.97 Å². The molecule has 144 valence electrons. The second kappa shape index (κ2) is 6.87. The number of carboxylic acid groups (broad SMARTS) is 1. The highest BCUT2D eigenvalue weighted by molar-refractivity contribution is 5.83.